The fourth-order valence-electron chi connectivity index (χ4n) is 4.30. The summed E-state index contributed by atoms with van der Waals surface area (Å²) in [6.45, 7) is 0. The SMILES string of the molecule is NC(c1ccccc1)(c1ccccc1)[C@@H](NS(=O)(=O)c1cc(C(F)(F)F)cc(C(F)(F)F)c1)c1ccccc1. The molecule has 0 heterocycles. The Morgan fingerprint density at radius 2 is 0.974 bits per heavy atom. The van der Waals surface area contributed by atoms with Crippen LogP contribution in [0.3, 0.4) is 0 Å². The van der Waals surface area contributed by atoms with Crippen LogP contribution in [0.25, 0.3) is 0 Å². The Morgan fingerprint density at radius 1 is 0.590 bits per heavy atom. The molecule has 0 saturated carbocycles. The predicted octanol–water partition coefficient (Wildman–Crippen LogP) is 6.65. The van der Waals surface area contributed by atoms with Gasteiger partial charge >= 0.3 is 12.4 Å². The van der Waals surface area contributed by atoms with Gasteiger partial charge in [-0.3, -0.25) is 0 Å². The summed E-state index contributed by atoms with van der Waals surface area (Å²) in [7, 11) is -5.00. The number of sulfonamides is 1. The topological polar surface area (TPSA) is 72.2 Å². The van der Waals surface area contributed by atoms with Gasteiger partial charge in [-0.25, -0.2) is 13.1 Å². The van der Waals surface area contributed by atoms with E-state index in [1.807, 2.05) is 0 Å². The molecule has 3 N–H and O–H groups in total. The van der Waals surface area contributed by atoms with Crippen molar-refractivity contribution in [3.8, 4) is 0 Å². The second kappa shape index (κ2) is 10.5. The summed E-state index contributed by atoms with van der Waals surface area (Å²) >= 11 is 0. The van der Waals surface area contributed by atoms with Crippen molar-refractivity contribution in [2.75, 3.05) is 0 Å². The summed E-state index contributed by atoms with van der Waals surface area (Å²) in [4.78, 5) is -1.20. The van der Waals surface area contributed by atoms with E-state index in [4.69, 9.17) is 5.73 Å². The maximum atomic E-state index is 13.6. The molecule has 0 bridgehead atoms. The highest BCUT2D eigenvalue weighted by atomic mass is 32.2. The highest BCUT2D eigenvalue weighted by Crippen LogP contribution is 2.41. The number of halogens is 6. The van der Waals surface area contributed by atoms with Gasteiger partial charge in [0.2, 0.25) is 10.0 Å². The van der Waals surface area contributed by atoms with Gasteiger partial charge in [-0.05, 0) is 34.9 Å². The van der Waals surface area contributed by atoms with Gasteiger partial charge in [0, 0.05) is 0 Å². The Morgan fingerprint density at radius 3 is 1.36 bits per heavy atom. The van der Waals surface area contributed by atoms with Crippen LogP contribution in [-0.2, 0) is 27.9 Å². The molecule has 0 saturated heterocycles. The monoisotopic (exact) mass is 564 g/mol. The van der Waals surface area contributed by atoms with Crippen molar-refractivity contribution in [2.24, 2.45) is 5.73 Å². The molecule has 11 heteroatoms. The highest BCUT2D eigenvalue weighted by Gasteiger charge is 2.43. The van der Waals surface area contributed by atoms with Gasteiger partial charge in [-0.15, -0.1) is 0 Å². The van der Waals surface area contributed by atoms with Crippen LogP contribution >= 0.6 is 0 Å². The quantitative estimate of drug-likeness (QED) is 0.247. The van der Waals surface area contributed by atoms with Gasteiger partial charge in [0.15, 0.2) is 0 Å². The van der Waals surface area contributed by atoms with Gasteiger partial charge < -0.3 is 5.73 Å². The molecular weight excluding hydrogens is 542 g/mol. The first-order valence-corrected chi connectivity index (χ1v) is 13.0. The van der Waals surface area contributed by atoms with E-state index >= 15 is 0 Å². The van der Waals surface area contributed by atoms with Crippen LogP contribution in [0.5, 0.6) is 0 Å². The van der Waals surface area contributed by atoms with Gasteiger partial charge in [-0.2, -0.15) is 26.3 Å². The lowest BCUT2D eigenvalue weighted by Crippen LogP contribution is -2.51. The van der Waals surface area contributed by atoms with Gasteiger partial charge in [0.25, 0.3) is 0 Å². The maximum Gasteiger partial charge on any atom is 0.416 e. The molecule has 4 aromatic rings. The summed E-state index contributed by atoms with van der Waals surface area (Å²) in [5, 5.41) is 0. The molecule has 0 unspecified atom stereocenters. The smallest absolute Gasteiger partial charge is 0.316 e. The Labute approximate surface area is 221 Å². The second-order valence-electron chi connectivity index (χ2n) is 8.81. The van der Waals surface area contributed by atoms with Crippen molar-refractivity contribution in [2.45, 2.75) is 28.8 Å². The Bertz CT molecular complexity index is 1450. The third kappa shape index (κ3) is 6.00. The van der Waals surface area contributed by atoms with Crippen molar-refractivity contribution >= 4 is 10.0 Å². The summed E-state index contributed by atoms with van der Waals surface area (Å²) < 4.78 is 110. The van der Waals surface area contributed by atoms with Crippen molar-refractivity contribution in [3.05, 3.63) is 137 Å². The molecule has 0 aromatic heterocycles. The summed E-state index contributed by atoms with van der Waals surface area (Å²) in [6.07, 6.45) is -10.5. The normalized spacial score (nSPS) is 13.7. The third-order valence-corrected chi connectivity index (χ3v) is 7.64. The molecule has 4 rings (SSSR count). The molecule has 0 radical (unpaired) electrons. The van der Waals surface area contributed by atoms with Crippen molar-refractivity contribution in [1.82, 2.24) is 4.72 Å². The highest BCUT2D eigenvalue weighted by molar-refractivity contribution is 7.89. The third-order valence-electron chi connectivity index (χ3n) is 6.24. The van der Waals surface area contributed by atoms with Crippen LogP contribution in [0.15, 0.2) is 114 Å². The van der Waals surface area contributed by atoms with E-state index in [-0.39, 0.29) is 18.2 Å². The fraction of sp³-hybridized carbons (Fsp3) is 0.143. The number of benzene rings is 4. The van der Waals surface area contributed by atoms with Crippen molar-refractivity contribution in [1.29, 1.82) is 0 Å². The van der Waals surface area contributed by atoms with Gasteiger partial charge in [-0.1, -0.05) is 91.0 Å². The molecule has 0 spiro atoms. The Balaban J connectivity index is 1.94. The van der Waals surface area contributed by atoms with E-state index in [0.717, 1.165) is 0 Å². The summed E-state index contributed by atoms with van der Waals surface area (Å²) in [5.41, 5.74) is 3.11. The molecule has 0 aliphatic rings. The largest absolute Gasteiger partial charge is 0.416 e. The molecule has 204 valence electrons. The molecule has 4 aromatic carbocycles. The van der Waals surface area contributed by atoms with Crippen LogP contribution in [0.2, 0.25) is 0 Å². The first-order chi connectivity index (χ1) is 18.2. The lowest BCUT2D eigenvalue weighted by molar-refractivity contribution is -0.143. The Hall–Kier alpha value is -3.67. The van der Waals surface area contributed by atoms with Gasteiger partial charge in [0.1, 0.15) is 0 Å². The molecule has 0 aliphatic heterocycles. The Kier molecular flexibility index (Phi) is 7.61. The molecule has 39 heavy (non-hydrogen) atoms. The first-order valence-electron chi connectivity index (χ1n) is 11.5. The number of nitrogens with two attached hydrogens (primary N) is 1. The minimum Gasteiger partial charge on any atom is -0.316 e. The van der Waals surface area contributed by atoms with E-state index in [0.29, 0.717) is 16.7 Å². The van der Waals surface area contributed by atoms with E-state index in [2.05, 4.69) is 4.72 Å². The number of alkyl halides is 6. The molecule has 0 aliphatic carbocycles. The van der Waals surface area contributed by atoms with E-state index in [9.17, 15) is 34.8 Å². The fourth-order valence-corrected chi connectivity index (χ4v) is 5.63. The number of nitrogens with one attached hydrogen (secondary N) is 1. The van der Waals surface area contributed by atoms with E-state index in [1.54, 1.807) is 91.0 Å². The maximum absolute atomic E-state index is 13.6. The van der Waals surface area contributed by atoms with Crippen LogP contribution in [0.1, 0.15) is 33.9 Å². The lowest BCUT2D eigenvalue weighted by Gasteiger charge is -2.39. The van der Waals surface area contributed by atoms with Crippen LogP contribution < -0.4 is 10.5 Å². The van der Waals surface area contributed by atoms with Crippen LogP contribution in [-0.4, -0.2) is 8.42 Å². The number of hydrogen-bond donors (Lipinski definition) is 2. The average Bonchev–Trinajstić information content (AvgIpc) is 2.91. The van der Waals surface area contributed by atoms with E-state index in [1.165, 1.54) is 0 Å². The molecule has 4 nitrogen and oxygen atoms in total. The summed E-state index contributed by atoms with van der Waals surface area (Å²) in [6, 6.07) is 23.7. The van der Waals surface area contributed by atoms with Crippen LogP contribution in [0.4, 0.5) is 26.3 Å². The second-order valence-corrected chi connectivity index (χ2v) is 10.5. The average molecular weight is 565 g/mol. The van der Waals surface area contributed by atoms with Crippen LogP contribution in [0, 0.1) is 0 Å². The zero-order valence-corrected chi connectivity index (χ0v) is 20.9. The molecule has 0 fully saturated rings. The number of rotatable bonds is 7. The minimum atomic E-state index is -5.23. The minimum absolute atomic E-state index is 0.130. The first kappa shape index (κ1) is 28.3. The molecular formula is C28H22F6N2O2S. The van der Waals surface area contributed by atoms with Crippen molar-refractivity contribution < 1.29 is 34.8 Å². The zero-order chi connectivity index (χ0) is 28.5. The molecule has 0 amide bonds. The molecule has 1 atom stereocenters. The van der Waals surface area contributed by atoms with Crippen molar-refractivity contribution in [3.63, 3.8) is 0 Å². The standard InChI is InChI=1S/C28H22F6N2O2S/c29-27(30,31)22-16-23(28(32,33)34)18-24(17-22)39(37,38)36-25(19-10-4-1-5-11-19)26(35,20-12-6-2-7-13-20)21-14-8-3-9-15-21/h1-18,25,36H,35H2/t25-/m0/s1. The zero-order valence-electron chi connectivity index (χ0n) is 20.0. The van der Waals surface area contributed by atoms with Gasteiger partial charge in [0.05, 0.1) is 27.6 Å². The lowest BCUT2D eigenvalue weighted by atomic mass is 9.75. The van der Waals surface area contributed by atoms with E-state index < -0.39 is 50.0 Å². The summed E-state index contributed by atoms with van der Waals surface area (Å²) in [5.74, 6) is 0. The predicted molar refractivity (Wildman–Crippen MR) is 134 cm³/mol. The number of hydrogen-bond acceptors (Lipinski definition) is 3.